The Labute approximate surface area is 229 Å². The first kappa shape index (κ1) is 27.0. The van der Waals surface area contributed by atoms with Gasteiger partial charge < -0.3 is 29.9 Å². The Morgan fingerprint density at radius 3 is 2.67 bits per heavy atom. The summed E-state index contributed by atoms with van der Waals surface area (Å²) in [7, 11) is 1.77. The zero-order chi connectivity index (χ0) is 27.4. The fourth-order valence-electron chi connectivity index (χ4n) is 5.88. The predicted molar refractivity (Wildman–Crippen MR) is 150 cm³/mol. The Bertz CT molecular complexity index is 1180. The Hall–Kier alpha value is -3.60. The number of benzene rings is 1. The maximum absolute atomic E-state index is 13.2. The molecule has 5 rings (SSSR count). The van der Waals surface area contributed by atoms with E-state index in [4.69, 9.17) is 19.4 Å². The maximum atomic E-state index is 13.2. The van der Waals surface area contributed by atoms with Crippen molar-refractivity contribution in [2.75, 3.05) is 68.1 Å². The van der Waals surface area contributed by atoms with E-state index < -0.39 is 0 Å². The molecule has 11 heteroatoms. The van der Waals surface area contributed by atoms with Gasteiger partial charge >= 0.3 is 12.0 Å². The molecule has 1 saturated heterocycles. The SMILES string of the molecule is CCN1C(=O)N(C)c2ncc(Nc3cc(N4CCNCC4)ccc3OCCOC(C)=O)nc2[C@H]1C1CCCC1. The van der Waals surface area contributed by atoms with Gasteiger partial charge in [-0.05, 0) is 43.9 Å². The van der Waals surface area contributed by atoms with Crippen LogP contribution in [0, 0.1) is 5.92 Å². The van der Waals surface area contributed by atoms with Crippen molar-refractivity contribution >= 4 is 35.0 Å². The van der Waals surface area contributed by atoms with Crippen LogP contribution in [0.2, 0.25) is 0 Å². The molecule has 1 atom stereocenters. The first-order valence-corrected chi connectivity index (χ1v) is 14.0. The summed E-state index contributed by atoms with van der Waals surface area (Å²) in [4.78, 5) is 40.0. The zero-order valence-corrected chi connectivity index (χ0v) is 23.1. The van der Waals surface area contributed by atoms with Crippen LogP contribution in [0.25, 0.3) is 0 Å². The van der Waals surface area contributed by atoms with Crippen molar-refractivity contribution in [3.63, 3.8) is 0 Å². The largest absolute Gasteiger partial charge is 0.488 e. The fraction of sp³-hybridized carbons (Fsp3) is 0.571. The molecule has 0 unspecified atom stereocenters. The molecule has 1 aromatic carbocycles. The molecule has 2 amide bonds. The number of carbonyl (C=O) groups is 2. The smallest absolute Gasteiger partial charge is 0.326 e. The lowest BCUT2D eigenvalue weighted by molar-refractivity contribution is -0.141. The minimum absolute atomic E-state index is 0.0240. The summed E-state index contributed by atoms with van der Waals surface area (Å²) in [5.74, 6) is 1.90. The number of amides is 2. The van der Waals surface area contributed by atoms with E-state index >= 15 is 0 Å². The topological polar surface area (TPSA) is 112 Å². The third-order valence-corrected chi connectivity index (χ3v) is 7.79. The molecule has 2 N–H and O–H groups in total. The monoisotopic (exact) mass is 537 g/mol. The van der Waals surface area contributed by atoms with E-state index in [2.05, 4.69) is 21.6 Å². The van der Waals surface area contributed by atoms with Crippen LogP contribution < -0.4 is 25.2 Å². The van der Waals surface area contributed by atoms with Crippen LogP contribution >= 0.6 is 0 Å². The normalized spacial score (nSPS) is 19.7. The van der Waals surface area contributed by atoms with Crippen LogP contribution in [0.1, 0.15) is 51.3 Å². The van der Waals surface area contributed by atoms with E-state index in [0.717, 1.165) is 56.1 Å². The number of rotatable bonds is 9. The number of nitrogens with one attached hydrogen (secondary N) is 2. The second-order valence-electron chi connectivity index (χ2n) is 10.3. The summed E-state index contributed by atoms with van der Waals surface area (Å²) in [6.07, 6.45) is 6.21. The first-order valence-electron chi connectivity index (χ1n) is 14.0. The Morgan fingerprint density at radius 2 is 1.95 bits per heavy atom. The van der Waals surface area contributed by atoms with Crippen molar-refractivity contribution in [1.82, 2.24) is 20.2 Å². The molecule has 1 aliphatic carbocycles. The van der Waals surface area contributed by atoms with Crippen LogP contribution in [0.4, 0.5) is 27.8 Å². The number of nitrogens with zero attached hydrogens (tertiary/aromatic N) is 5. The van der Waals surface area contributed by atoms with Gasteiger partial charge in [0.2, 0.25) is 0 Å². The molecule has 1 saturated carbocycles. The standard InChI is InChI=1S/C28H39N7O4/c1-4-35-26(20-7-5-6-8-20)25-27(33(3)28(35)37)30-18-24(32-25)31-22-17-21(34-13-11-29-12-14-34)9-10-23(22)39-16-15-38-19(2)36/h9-10,17-18,20,26,29H,4-8,11-16H2,1-3H3,(H,31,32)/t26-/m1/s1. The van der Waals surface area contributed by atoms with Gasteiger partial charge in [0.25, 0.3) is 0 Å². The Morgan fingerprint density at radius 1 is 1.18 bits per heavy atom. The third-order valence-electron chi connectivity index (χ3n) is 7.79. The second kappa shape index (κ2) is 12.1. The number of anilines is 4. The van der Waals surface area contributed by atoms with Crippen molar-refractivity contribution in [2.45, 2.75) is 45.6 Å². The molecule has 2 aromatic rings. The summed E-state index contributed by atoms with van der Waals surface area (Å²) >= 11 is 0. The molecule has 210 valence electrons. The van der Waals surface area contributed by atoms with Crippen molar-refractivity contribution in [1.29, 1.82) is 0 Å². The van der Waals surface area contributed by atoms with Gasteiger partial charge in [0, 0.05) is 52.4 Å². The average molecular weight is 538 g/mol. The lowest BCUT2D eigenvalue weighted by Gasteiger charge is -2.42. The van der Waals surface area contributed by atoms with Crippen molar-refractivity contribution < 1.29 is 19.1 Å². The minimum Gasteiger partial charge on any atom is -0.488 e. The first-order chi connectivity index (χ1) is 19.0. The fourth-order valence-corrected chi connectivity index (χ4v) is 5.88. The molecule has 0 radical (unpaired) electrons. The lowest BCUT2D eigenvalue weighted by atomic mass is 9.92. The van der Waals surface area contributed by atoms with E-state index in [9.17, 15) is 9.59 Å². The van der Waals surface area contributed by atoms with E-state index in [1.807, 2.05) is 24.0 Å². The molecule has 11 nitrogen and oxygen atoms in total. The van der Waals surface area contributed by atoms with E-state index in [0.29, 0.717) is 29.8 Å². The van der Waals surface area contributed by atoms with Crippen molar-refractivity contribution in [3.05, 3.63) is 30.1 Å². The molecule has 1 aromatic heterocycles. The van der Waals surface area contributed by atoms with Gasteiger partial charge in [0.1, 0.15) is 30.5 Å². The van der Waals surface area contributed by atoms with Gasteiger partial charge in [0.05, 0.1) is 17.9 Å². The number of hydrogen-bond donors (Lipinski definition) is 2. The van der Waals surface area contributed by atoms with E-state index in [-0.39, 0.29) is 31.3 Å². The molecule has 2 fully saturated rings. The molecule has 3 aliphatic rings. The highest BCUT2D eigenvalue weighted by molar-refractivity contribution is 5.93. The summed E-state index contributed by atoms with van der Waals surface area (Å²) in [5.41, 5.74) is 2.68. The number of esters is 1. The quantitative estimate of drug-likeness (QED) is 0.365. The molecule has 2 aliphatic heterocycles. The highest BCUT2D eigenvalue weighted by Gasteiger charge is 2.42. The van der Waals surface area contributed by atoms with Crippen LogP contribution in [-0.4, -0.2) is 79.9 Å². The van der Waals surface area contributed by atoms with Crippen LogP contribution in [0.3, 0.4) is 0 Å². The summed E-state index contributed by atoms with van der Waals surface area (Å²) in [6, 6.07) is 5.94. The second-order valence-corrected chi connectivity index (χ2v) is 10.3. The Balaban J connectivity index is 1.46. The number of aromatic nitrogens is 2. The highest BCUT2D eigenvalue weighted by atomic mass is 16.6. The van der Waals surface area contributed by atoms with Gasteiger partial charge in [-0.15, -0.1) is 0 Å². The molecule has 0 bridgehead atoms. The summed E-state index contributed by atoms with van der Waals surface area (Å²) in [5, 5.41) is 6.84. The summed E-state index contributed by atoms with van der Waals surface area (Å²) < 4.78 is 11.0. The molecule has 3 heterocycles. The average Bonchev–Trinajstić information content (AvgIpc) is 3.48. The third kappa shape index (κ3) is 5.88. The van der Waals surface area contributed by atoms with Gasteiger partial charge in [-0.1, -0.05) is 12.8 Å². The molecular formula is C28H39N7O4. The maximum Gasteiger partial charge on any atom is 0.326 e. The minimum atomic E-state index is -0.336. The van der Waals surface area contributed by atoms with Gasteiger partial charge in [-0.3, -0.25) is 9.69 Å². The van der Waals surface area contributed by atoms with Crippen LogP contribution in [-0.2, 0) is 9.53 Å². The van der Waals surface area contributed by atoms with Crippen LogP contribution in [0.15, 0.2) is 24.4 Å². The Kier molecular flexibility index (Phi) is 8.35. The molecular weight excluding hydrogens is 498 g/mol. The summed E-state index contributed by atoms with van der Waals surface area (Å²) in [6.45, 7) is 8.13. The van der Waals surface area contributed by atoms with Gasteiger partial charge in [-0.2, -0.15) is 0 Å². The van der Waals surface area contributed by atoms with Gasteiger partial charge in [0.15, 0.2) is 5.82 Å². The van der Waals surface area contributed by atoms with Crippen molar-refractivity contribution in [2.24, 2.45) is 5.92 Å². The molecule has 39 heavy (non-hydrogen) atoms. The van der Waals surface area contributed by atoms with Crippen molar-refractivity contribution in [3.8, 4) is 5.75 Å². The number of piperazine rings is 1. The number of carbonyl (C=O) groups excluding carboxylic acids is 2. The lowest BCUT2D eigenvalue weighted by Crippen LogP contribution is -2.50. The predicted octanol–water partition coefficient (Wildman–Crippen LogP) is 3.69. The number of urea groups is 1. The molecule has 0 spiro atoms. The van der Waals surface area contributed by atoms with Gasteiger partial charge in [-0.25, -0.2) is 14.8 Å². The number of ether oxygens (including phenoxy) is 2. The number of fused-ring (bicyclic) bond motifs is 1. The zero-order valence-electron chi connectivity index (χ0n) is 23.1. The number of hydrogen-bond acceptors (Lipinski definition) is 9. The highest BCUT2D eigenvalue weighted by Crippen LogP contribution is 2.45. The van der Waals surface area contributed by atoms with E-state index in [1.54, 1.807) is 18.1 Å². The van der Waals surface area contributed by atoms with E-state index in [1.165, 1.54) is 19.8 Å². The van der Waals surface area contributed by atoms with Crippen LogP contribution in [0.5, 0.6) is 5.75 Å².